The third kappa shape index (κ3) is 4.49. The average Bonchev–Trinajstić information content (AvgIpc) is 2.92. The van der Waals surface area contributed by atoms with Crippen molar-refractivity contribution in [2.75, 3.05) is 6.54 Å². The summed E-state index contributed by atoms with van der Waals surface area (Å²) in [4.78, 5) is 11.6. The van der Waals surface area contributed by atoms with E-state index in [0.29, 0.717) is 18.5 Å². The van der Waals surface area contributed by atoms with Crippen LogP contribution in [0.1, 0.15) is 43.8 Å². The number of carbonyl (C=O) groups excluding carboxylic acids is 1. The van der Waals surface area contributed by atoms with Crippen LogP contribution in [0, 0.1) is 5.82 Å². The van der Waals surface area contributed by atoms with Crippen molar-refractivity contribution in [1.82, 2.24) is 10.6 Å². The number of benzene rings is 1. The van der Waals surface area contributed by atoms with Gasteiger partial charge in [-0.25, -0.2) is 9.18 Å². The first kappa shape index (κ1) is 14.8. The summed E-state index contributed by atoms with van der Waals surface area (Å²) in [6.07, 6.45) is 4.16. The van der Waals surface area contributed by atoms with Gasteiger partial charge in [0.15, 0.2) is 0 Å². The highest BCUT2D eigenvalue weighted by Crippen LogP contribution is 2.18. The number of carbonyl (C=O) groups is 1. The Hall–Kier alpha value is -1.62. The fourth-order valence-corrected chi connectivity index (χ4v) is 2.48. The summed E-state index contributed by atoms with van der Waals surface area (Å²) in [5.41, 5.74) is 0.657. The lowest BCUT2D eigenvalue weighted by atomic mass is 10.1. The van der Waals surface area contributed by atoms with Gasteiger partial charge in [-0.3, -0.25) is 0 Å². The molecule has 20 heavy (non-hydrogen) atoms. The molecule has 1 fully saturated rings. The molecule has 1 unspecified atom stereocenters. The maximum atomic E-state index is 12.8. The van der Waals surface area contributed by atoms with E-state index in [1.165, 1.54) is 25.0 Å². The predicted octanol–water partition coefficient (Wildman–Crippen LogP) is 2.49. The SMILES string of the molecule is O=C(NCCC(O)c1ccc(F)cc1)NC1CCCC1. The number of aliphatic hydroxyl groups is 1. The molecular formula is C15H21FN2O2. The fourth-order valence-electron chi connectivity index (χ4n) is 2.48. The minimum Gasteiger partial charge on any atom is -0.388 e. The van der Waals surface area contributed by atoms with Crippen molar-refractivity contribution in [1.29, 1.82) is 0 Å². The summed E-state index contributed by atoms with van der Waals surface area (Å²) in [6, 6.07) is 5.86. The lowest BCUT2D eigenvalue weighted by Crippen LogP contribution is -2.41. The number of aliphatic hydroxyl groups excluding tert-OH is 1. The van der Waals surface area contributed by atoms with E-state index in [4.69, 9.17) is 0 Å². The zero-order valence-electron chi connectivity index (χ0n) is 11.4. The lowest BCUT2D eigenvalue weighted by molar-refractivity contribution is 0.166. The van der Waals surface area contributed by atoms with Gasteiger partial charge in [0.05, 0.1) is 6.10 Å². The maximum absolute atomic E-state index is 12.8. The molecule has 0 radical (unpaired) electrons. The van der Waals surface area contributed by atoms with Crippen LogP contribution in [0.2, 0.25) is 0 Å². The first-order valence-corrected chi connectivity index (χ1v) is 7.13. The number of halogens is 1. The van der Waals surface area contributed by atoms with Crippen LogP contribution in [0.4, 0.5) is 9.18 Å². The van der Waals surface area contributed by atoms with Crippen molar-refractivity contribution in [2.45, 2.75) is 44.2 Å². The van der Waals surface area contributed by atoms with Crippen molar-refractivity contribution in [3.63, 3.8) is 0 Å². The van der Waals surface area contributed by atoms with E-state index in [-0.39, 0.29) is 17.9 Å². The van der Waals surface area contributed by atoms with E-state index in [9.17, 15) is 14.3 Å². The highest BCUT2D eigenvalue weighted by Gasteiger charge is 2.16. The summed E-state index contributed by atoms with van der Waals surface area (Å²) in [6.45, 7) is 0.386. The second-order valence-corrected chi connectivity index (χ2v) is 5.24. The van der Waals surface area contributed by atoms with E-state index < -0.39 is 6.10 Å². The van der Waals surface area contributed by atoms with Crippen molar-refractivity contribution < 1.29 is 14.3 Å². The number of rotatable bonds is 5. The summed E-state index contributed by atoms with van der Waals surface area (Å²) in [5, 5.41) is 15.6. The van der Waals surface area contributed by atoms with Gasteiger partial charge in [0, 0.05) is 12.6 Å². The minimum absolute atomic E-state index is 0.178. The topological polar surface area (TPSA) is 61.4 Å². The zero-order chi connectivity index (χ0) is 14.4. The van der Waals surface area contributed by atoms with Gasteiger partial charge in [-0.1, -0.05) is 25.0 Å². The van der Waals surface area contributed by atoms with Gasteiger partial charge in [0.2, 0.25) is 0 Å². The molecule has 3 N–H and O–H groups in total. The minimum atomic E-state index is -0.692. The largest absolute Gasteiger partial charge is 0.388 e. The Morgan fingerprint density at radius 2 is 1.95 bits per heavy atom. The van der Waals surface area contributed by atoms with Crippen LogP contribution in [0.25, 0.3) is 0 Å². The normalized spacial score (nSPS) is 16.9. The monoisotopic (exact) mass is 280 g/mol. The van der Waals surface area contributed by atoms with Crippen LogP contribution in [-0.4, -0.2) is 23.7 Å². The van der Waals surface area contributed by atoms with Crippen LogP contribution in [0.15, 0.2) is 24.3 Å². The summed E-state index contributed by atoms with van der Waals surface area (Å²) in [7, 11) is 0. The summed E-state index contributed by atoms with van der Waals surface area (Å²) >= 11 is 0. The maximum Gasteiger partial charge on any atom is 0.315 e. The zero-order valence-corrected chi connectivity index (χ0v) is 11.4. The van der Waals surface area contributed by atoms with Crippen LogP contribution < -0.4 is 10.6 Å². The van der Waals surface area contributed by atoms with Gasteiger partial charge in [-0.2, -0.15) is 0 Å². The van der Waals surface area contributed by atoms with Crippen LogP contribution in [-0.2, 0) is 0 Å². The Balaban J connectivity index is 1.66. The number of urea groups is 1. The lowest BCUT2D eigenvalue weighted by Gasteiger charge is -2.14. The van der Waals surface area contributed by atoms with Crippen LogP contribution in [0.5, 0.6) is 0 Å². The third-order valence-corrected chi connectivity index (χ3v) is 3.65. The number of amides is 2. The van der Waals surface area contributed by atoms with Gasteiger partial charge < -0.3 is 15.7 Å². The van der Waals surface area contributed by atoms with Crippen molar-refractivity contribution in [3.05, 3.63) is 35.6 Å². The third-order valence-electron chi connectivity index (χ3n) is 3.65. The van der Waals surface area contributed by atoms with E-state index in [1.807, 2.05) is 0 Å². The van der Waals surface area contributed by atoms with Gasteiger partial charge in [0.1, 0.15) is 5.82 Å². The van der Waals surface area contributed by atoms with Gasteiger partial charge in [-0.05, 0) is 37.0 Å². The van der Waals surface area contributed by atoms with E-state index >= 15 is 0 Å². The molecule has 0 aromatic heterocycles. The van der Waals surface area contributed by atoms with Crippen LogP contribution in [0.3, 0.4) is 0 Å². The van der Waals surface area contributed by atoms with Gasteiger partial charge >= 0.3 is 6.03 Å². The van der Waals surface area contributed by atoms with Crippen molar-refractivity contribution in [2.24, 2.45) is 0 Å². The fraction of sp³-hybridized carbons (Fsp3) is 0.533. The molecule has 0 bridgehead atoms. The highest BCUT2D eigenvalue weighted by molar-refractivity contribution is 5.74. The van der Waals surface area contributed by atoms with E-state index in [1.54, 1.807) is 12.1 Å². The number of hydrogen-bond acceptors (Lipinski definition) is 2. The Morgan fingerprint density at radius 1 is 1.30 bits per heavy atom. The molecule has 1 aromatic carbocycles. The Morgan fingerprint density at radius 3 is 2.60 bits per heavy atom. The molecule has 4 nitrogen and oxygen atoms in total. The predicted molar refractivity (Wildman–Crippen MR) is 74.8 cm³/mol. The number of hydrogen-bond donors (Lipinski definition) is 3. The standard InChI is InChI=1S/C15H21FN2O2/c16-12-7-5-11(6-8-12)14(19)9-10-17-15(20)18-13-3-1-2-4-13/h5-8,13-14,19H,1-4,9-10H2,(H2,17,18,20). The molecule has 1 aliphatic carbocycles. The first-order chi connectivity index (χ1) is 9.65. The Bertz CT molecular complexity index is 430. The summed E-state index contributed by atoms with van der Waals surface area (Å²) < 4.78 is 12.8. The quantitative estimate of drug-likeness (QED) is 0.776. The second-order valence-electron chi connectivity index (χ2n) is 5.24. The van der Waals surface area contributed by atoms with Crippen molar-refractivity contribution in [3.8, 4) is 0 Å². The molecule has 2 amide bonds. The molecule has 110 valence electrons. The smallest absolute Gasteiger partial charge is 0.315 e. The van der Waals surface area contributed by atoms with Gasteiger partial charge in [0.25, 0.3) is 0 Å². The molecule has 2 rings (SSSR count). The average molecular weight is 280 g/mol. The Labute approximate surface area is 118 Å². The second kappa shape index (κ2) is 7.24. The molecular weight excluding hydrogens is 259 g/mol. The van der Waals surface area contributed by atoms with Crippen molar-refractivity contribution >= 4 is 6.03 Å². The molecule has 0 aliphatic heterocycles. The van der Waals surface area contributed by atoms with E-state index in [2.05, 4.69) is 10.6 Å². The van der Waals surface area contributed by atoms with Gasteiger partial charge in [-0.15, -0.1) is 0 Å². The van der Waals surface area contributed by atoms with Crippen LogP contribution >= 0.6 is 0 Å². The first-order valence-electron chi connectivity index (χ1n) is 7.13. The summed E-state index contributed by atoms with van der Waals surface area (Å²) in [5.74, 6) is -0.324. The Kier molecular flexibility index (Phi) is 5.35. The highest BCUT2D eigenvalue weighted by atomic mass is 19.1. The molecule has 0 saturated heterocycles. The molecule has 1 aliphatic rings. The molecule has 1 saturated carbocycles. The van der Waals surface area contributed by atoms with E-state index in [0.717, 1.165) is 12.8 Å². The molecule has 1 atom stereocenters. The molecule has 0 heterocycles. The molecule has 5 heteroatoms. The number of nitrogens with one attached hydrogen (secondary N) is 2. The molecule has 1 aromatic rings. The molecule has 0 spiro atoms.